The molecule has 6 nitrogen and oxygen atoms in total. The van der Waals surface area contributed by atoms with Crippen LogP contribution >= 0.6 is 11.6 Å². The van der Waals surface area contributed by atoms with Gasteiger partial charge in [0.05, 0.1) is 25.3 Å². The van der Waals surface area contributed by atoms with Gasteiger partial charge in [-0.3, -0.25) is 9.59 Å². The van der Waals surface area contributed by atoms with Gasteiger partial charge in [-0.2, -0.15) is 0 Å². The first-order chi connectivity index (χ1) is 14.3. The number of carbonyl (C=O) groups is 1. The fourth-order valence-corrected chi connectivity index (χ4v) is 3.51. The van der Waals surface area contributed by atoms with Gasteiger partial charge in [0.15, 0.2) is 0 Å². The van der Waals surface area contributed by atoms with Crippen LogP contribution in [0, 0.1) is 13.8 Å². The Labute approximate surface area is 180 Å². The van der Waals surface area contributed by atoms with Crippen molar-refractivity contribution in [3.63, 3.8) is 0 Å². The van der Waals surface area contributed by atoms with Crippen molar-refractivity contribution >= 4 is 17.5 Å². The van der Waals surface area contributed by atoms with Crippen LogP contribution in [0.4, 0.5) is 0 Å². The number of aryl methyl sites for hydroxylation is 2. The molecular weight excluding hydrogens is 402 g/mol. The predicted molar refractivity (Wildman–Crippen MR) is 117 cm³/mol. The molecule has 3 rings (SSSR count). The molecule has 0 saturated carbocycles. The van der Waals surface area contributed by atoms with Gasteiger partial charge in [-0.05, 0) is 48.7 Å². The molecule has 0 aliphatic rings. The number of nitrogens with zero attached hydrogens (tertiary/aromatic N) is 1. The van der Waals surface area contributed by atoms with Crippen LogP contribution in [0.1, 0.15) is 34.3 Å². The molecule has 0 fully saturated rings. The number of nitrogens with one attached hydrogen (secondary N) is 2. The van der Waals surface area contributed by atoms with E-state index in [0.717, 1.165) is 22.4 Å². The largest absolute Gasteiger partial charge is 0.496 e. The van der Waals surface area contributed by atoms with E-state index in [2.05, 4.69) is 15.3 Å². The van der Waals surface area contributed by atoms with E-state index in [1.54, 1.807) is 26.2 Å². The molecule has 3 aromatic rings. The monoisotopic (exact) mass is 425 g/mol. The maximum Gasteiger partial charge on any atom is 0.251 e. The van der Waals surface area contributed by atoms with Crippen molar-refractivity contribution in [3.8, 4) is 5.75 Å². The van der Waals surface area contributed by atoms with Crippen LogP contribution in [0.15, 0.2) is 53.3 Å². The summed E-state index contributed by atoms with van der Waals surface area (Å²) in [5.74, 6) is 1.20. The number of hydrogen-bond acceptors (Lipinski definition) is 4. The van der Waals surface area contributed by atoms with Gasteiger partial charge < -0.3 is 15.0 Å². The Bertz CT molecular complexity index is 1090. The van der Waals surface area contributed by atoms with Gasteiger partial charge in [0.1, 0.15) is 11.6 Å². The third-order valence-electron chi connectivity index (χ3n) is 4.76. The number of halogens is 1. The van der Waals surface area contributed by atoms with Gasteiger partial charge in [-0.15, -0.1) is 0 Å². The number of amides is 1. The number of aromatic nitrogens is 2. The minimum Gasteiger partial charge on any atom is -0.496 e. The van der Waals surface area contributed by atoms with Gasteiger partial charge in [-0.25, -0.2) is 4.98 Å². The quantitative estimate of drug-likeness (QED) is 0.604. The third kappa shape index (κ3) is 5.70. The van der Waals surface area contributed by atoms with Crippen molar-refractivity contribution in [1.82, 2.24) is 15.3 Å². The lowest BCUT2D eigenvalue weighted by Crippen LogP contribution is -2.31. The van der Waals surface area contributed by atoms with Crippen molar-refractivity contribution in [2.75, 3.05) is 7.11 Å². The molecule has 30 heavy (non-hydrogen) atoms. The molecule has 156 valence electrons. The zero-order valence-electron chi connectivity index (χ0n) is 17.2. The number of methoxy groups -OCH3 is 1. The van der Waals surface area contributed by atoms with E-state index >= 15 is 0 Å². The van der Waals surface area contributed by atoms with Crippen molar-refractivity contribution in [2.24, 2.45) is 0 Å². The summed E-state index contributed by atoms with van der Waals surface area (Å²) in [6.07, 6.45) is 0.622. The minimum absolute atomic E-state index is 0.124. The average molecular weight is 426 g/mol. The highest BCUT2D eigenvalue weighted by Gasteiger charge is 2.17. The summed E-state index contributed by atoms with van der Waals surface area (Å²) in [6, 6.07) is 14.1. The van der Waals surface area contributed by atoms with E-state index in [4.69, 9.17) is 16.3 Å². The molecular formula is C23H24ClN3O3. The normalized spacial score (nSPS) is 11.7. The molecule has 1 heterocycles. The fourth-order valence-electron chi connectivity index (χ4n) is 3.38. The highest BCUT2D eigenvalue weighted by atomic mass is 35.5. The Hall–Kier alpha value is -3.12. The van der Waals surface area contributed by atoms with Gasteiger partial charge in [0.2, 0.25) is 5.91 Å². The molecule has 2 aromatic carbocycles. The summed E-state index contributed by atoms with van der Waals surface area (Å²) in [5, 5.41) is 3.68. The number of aromatic amines is 1. The van der Waals surface area contributed by atoms with E-state index in [9.17, 15) is 9.59 Å². The summed E-state index contributed by atoms with van der Waals surface area (Å²) in [7, 11) is 1.62. The van der Waals surface area contributed by atoms with Gasteiger partial charge in [-0.1, -0.05) is 35.9 Å². The van der Waals surface area contributed by atoms with Crippen LogP contribution in [0.25, 0.3) is 0 Å². The number of H-pyrrole nitrogens is 1. The lowest BCUT2D eigenvalue weighted by atomic mass is 10.0. The smallest absolute Gasteiger partial charge is 0.251 e. The lowest BCUT2D eigenvalue weighted by Gasteiger charge is -2.19. The third-order valence-corrected chi connectivity index (χ3v) is 5.01. The average Bonchev–Trinajstić information content (AvgIpc) is 2.67. The maximum atomic E-state index is 12.8. The fraction of sp³-hybridized carbons (Fsp3) is 0.261. The molecule has 0 aliphatic carbocycles. The highest BCUT2D eigenvalue weighted by Crippen LogP contribution is 2.21. The Kier molecular flexibility index (Phi) is 6.90. The van der Waals surface area contributed by atoms with E-state index in [-0.39, 0.29) is 23.9 Å². The molecule has 2 N–H and O–H groups in total. The number of rotatable bonds is 7. The molecule has 0 saturated heterocycles. The van der Waals surface area contributed by atoms with Gasteiger partial charge >= 0.3 is 0 Å². The summed E-state index contributed by atoms with van der Waals surface area (Å²) in [6.45, 7) is 3.67. The Balaban J connectivity index is 1.80. The van der Waals surface area contributed by atoms with Crippen molar-refractivity contribution in [3.05, 3.63) is 92.1 Å². The second kappa shape index (κ2) is 9.59. The van der Waals surface area contributed by atoms with Crippen molar-refractivity contribution < 1.29 is 9.53 Å². The zero-order valence-corrected chi connectivity index (χ0v) is 17.9. The summed E-state index contributed by atoms with van der Waals surface area (Å²) >= 11 is 6.02. The number of benzene rings is 2. The lowest BCUT2D eigenvalue weighted by molar-refractivity contribution is -0.121. The maximum absolute atomic E-state index is 12.8. The molecule has 0 radical (unpaired) electrons. The molecule has 1 amide bonds. The zero-order chi connectivity index (χ0) is 21.7. The summed E-state index contributed by atoms with van der Waals surface area (Å²) < 4.78 is 5.28. The van der Waals surface area contributed by atoms with Crippen molar-refractivity contribution in [2.45, 2.75) is 32.7 Å². The van der Waals surface area contributed by atoms with E-state index in [0.29, 0.717) is 23.0 Å². The van der Waals surface area contributed by atoms with Crippen LogP contribution in [-0.4, -0.2) is 23.0 Å². The second-order valence-electron chi connectivity index (χ2n) is 7.18. The molecule has 7 heteroatoms. The SMILES string of the molecule is COc1ccc(CC(=O)N[C@@H](Cc2cc(=O)[nH]c(C)n2)c2ccc(Cl)cc2)cc1C. The van der Waals surface area contributed by atoms with Crippen LogP contribution in [0.5, 0.6) is 5.75 Å². The van der Waals surface area contributed by atoms with E-state index in [1.807, 2.05) is 37.3 Å². The summed E-state index contributed by atoms with van der Waals surface area (Å²) in [5.41, 5.74) is 3.15. The highest BCUT2D eigenvalue weighted by molar-refractivity contribution is 6.30. The second-order valence-corrected chi connectivity index (χ2v) is 7.62. The Morgan fingerprint density at radius 2 is 1.90 bits per heavy atom. The Morgan fingerprint density at radius 1 is 1.17 bits per heavy atom. The van der Waals surface area contributed by atoms with Crippen LogP contribution in [-0.2, 0) is 17.6 Å². The molecule has 1 atom stereocenters. The minimum atomic E-state index is -0.345. The van der Waals surface area contributed by atoms with Crippen LogP contribution in [0.3, 0.4) is 0 Å². The van der Waals surface area contributed by atoms with Crippen molar-refractivity contribution in [1.29, 1.82) is 0 Å². The number of hydrogen-bond donors (Lipinski definition) is 2. The summed E-state index contributed by atoms with van der Waals surface area (Å²) in [4.78, 5) is 31.6. The first kappa shape index (κ1) is 21.6. The molecule has 1 aromatic heterocycles. The van der Waals surface area contributed by atoms with Crippen LogP contribution < -0.4 is 15.6 Å². The Morgan fingerprint density at radius 3 is 2.53 bits per heavy atom. The van der Waals surface area contributed by atoms with Crippen LogP contribution in [0.2, 0.25) is 5.02 Å². The molecule has 0 bridgehead atoms. The predicted octanol–water partition coefficient (Wildman–Crippen LogP) is 3.69. The number of carbonyl (C=O) groups excluding carboxylic acids is 1. The standard InChI is InChI=1S/C23H24ClN3O3/c1-14-10-16(4-9-21(14)30-3)11-22(28)27-20(17-5-7-18(24)8-6-17)12-19-13-23(29)26-15(2)25-19/h4-10,13,20H,11-12H2,1-3H3,(H,27,28)(H,25,26,29)/t20-/m0/s1. The van der Waals surface area contributed by atoms with E-state index in [1.165, 1.54) is 6.07 Å². The van der Waals surface area contributed by atoms with Gasteiger partial charge in [0, 0.05) is 17.5 Å². The van der Waals surface area contributed by atoms with Gasteiger partial charge in [0.25, 0.3) is 5.56 Å². The van der Waals surface area contributed by atoms with E-state index < -0.39 is 0 Å². The topological polar surface area (TPSA) is 84.1 Å². The number of ether oxygens (including phenoxy) is 1. The molecule has 0 aliphatic heterocycles. The molecule has 0 spiro atoms. The molecule has 0 unspecified atom stereocenters. The first-order valence-corrected chi connectivity index (χ1v) is 9.97. The first-order valence-electron chi connectivity index (χ1n) is 9.59.